The van der Waals surface area contributed by atoms with E-state index in [2.05, 4.69) is 31.6 Å². The van der Waals surface area contributed by atoms with Crippen LogP contribution in [0.15, 0.2) is 31.6 Å². The van der Waals surface area contributed by atoms with Gasteiger partial charge in [-0.1, -0.05) is 0 Å². The van der Waals surface area contributed by atoms with Crippen LogP contribution in [0.1, 0.15) is 0 Å². The van der Waals surface area contributed by atoms with Crippen molar-refractivity contribution in [3.05, 3.63) is 0 Å². The normalized spacial score (nSPS) is 29.5. The average Bonchev–Trinajstić information content (AvgIpc) is 2.10. The van der Waals surface area contributed by atoms with Crippen LogP contribution in [0.2, 0.25) is 0 Å². The van der Waals surface area contributed by atoms with E-state index in [1.54, 1.807) is 0 Å². The molecule has 0 spiro atoms. The van der Waals surface area contributed by atoms with Crippen LogP contribution in [0.3, 0.4) is 0 Å². The van der Waals surface area contributed by atoms with Gasteiger partial charge in [-0.15, -0.1) is 0 Å². The second kappa shape index (κ2) is 11.0. The molecule has 0 aromatic carbocycles. The molecule has 2 aliphatic heterocycles. The maximum atomic E-state index is 5.78. The fourth-order valence-electron chi connectivity index (χ4n) is 1.03. The predicted octanol–water partition coefficient (Wildman–Crippen LogP) is 17.0. The van der Waals surface area contributed by atoms with Crippen molar-refractivity contribution >= 4 is 199 Å². The van der Waals surface area contributed by atoms with E-state index in [0.717, 1.165) is 0 Å². The summed E-state index contributed by atoms with van der Waals surface area (Å²) in [5.74, 6) is -21.6. The molecule has 0 bridgehead atoms. The third-order valence-electron chi connectivity index (χ3n) is 1.51. The predicted molar refractivity (Wildman–Crippen MR) is 147 cm³/mol. The molecule has 0 amide bonds. The second-order valence-electron chi connectivity index (χ2n) is 3.82. The summed E-state index contributed by atoms with van der Waals surface area (Å²) in [6.07, 6.45) is 0. The van der Waals surface area contributed by atoms with Crippen LogP contribution in [-0.2, 0) is 0 Å². The molecular formula is Cl14N7P7. The van der Waals surface area contributed by atoms with Gasteiger partial charge in [0.25, 0.3) is 41.4 Å². The maximum Gasteiger partial charge on any atom is 0.257 e. The molecular weight excluding hydrogens is 811 g/mol. The number of rotatable bonds is 0. The highest BCUT2D eigenvalue weighted by Gasteiger charge is 2.31. The van der Waals surface area contributed by atoms with Crippen molar-refractivity contribution < 1.29 is 0 Å². The van der Waals surface area contributed by atoms with Crippen molar-refractivity contribution in [1.82, 2.24) is 0 Å². The van der Waals surface area contributed by atoms with E-state index >= 15 is 0 Å². The van der Waals surface area contributed by atoms with E-state index < -0.39 is 41.4 Å². The Morgan fingerprint density at radius 1 is 0.214 bits per heavy atom. The molecule has 0 atom stereocenters. The first-order valence-corrected chi connectivity index (χ1v) is 29.7. The van der Waals surface area contributed by atoms with E-state index in [9.17, 15) is 0 Å². The van der Waals surface area contributed by atoms with Gasteiger partial charge in [-0.25, -0.2) is 0 Å². The van der Waals surface area contributed by atoms with E-state index in [1.165, 1.54) is 0 Å². The van der Waals surface area contributed by atoms with Gasteiger partial charge < -0.3 is 0 Å². The summed E-state index contributed by atoms with van der Waals surface area (Å²) in [5, 5.41) is 0. The van der Waals surface area contributed by atoms with Gasteiger partial charge >= 0.3 is 0 Å². The number of hydrogen-bond donors (Lipinski definition) is 0. The topological polar surface area (TPSA) is 86.5 Å². The van der Waals surface area contributed by atoms with Crippen molar-refractivity contribution in [2.24, 2.45) is 31.6 Å². The zero-order valence-electron chi connectivity index (χ0n) is 11.6. The van der Waals surface area contributed by atoms with E-state index in [1.807, 2.05) is 0 Å². The van der Waals surface area contributed by atoms with Gasteiger partial charge in [-0.05, 0) is 157 Å². The van der Waals surface area contributed by atoms with Crippen LogP contribution in [-0.4, -0.2) is 0 Å². The lowest BCUT2D eigenvalue weighted by Gasteiger charge is -2.16. The first-order chi connectivity index (χ1) is 11.9. The summed E-state index contributed by atoms with van der Waals surface area (Å²) in [6, 6.07) is 0. The molecule has 7 nitrogen and oxygen atoms in total. The molecule has 168 valence electrons. The largest absolute Gasteiger partial charge is 0.257 e. The van der Waals surface area contributed by atoms with Crippen molar-refractivity contribution in [3.63, 3.8) is 0 Å². The zero-order chi connectivity index (χ0) is 22.4. The third kappa shape index (κ3) is 13.1. The maximum absolute atomic E-state index is 5.78. The SMILES string of the molecule is ClP1(Cl)=NP(Cl)(Cl)=NP(Cl)(Cl)=N1.ClP1(Cl)=NP(Cl)(Cl)=NP(Cl)(Cl)=NP(Cl)(Cl)=N1. The lowest BCUT2D eigenvalue weighted by Crippen LogP contribution is -1.62. The van der Waals surface area contributed by atoms with Gasteiger partial charge in [0.2, 0.25) is 0 Å². The lowest BCUT2D eigenvalue weighted by molar-refractivity contribution is 1.80. The Kier molecular flexibility index (Phi) is 12.4. The van der Waals surface area contributed by atoms with Crippen LogP contribution in [0, 0.1) is 0 Å². The Labute approximate surface area is 227 Å². The Morgan fingerprint density at radius 2 is 0.286 bits per heavy atom. The second-order valence-corrected chi connectivity index (χ2v) is 38.6. The summed E-state index contributed by atoms with van der Waals surface area (Å²) in [4.78, 5) is 0. The van der Waals surface area contributed by atoms with E-state index in [-0.39, 0.29) is 0 Å². The third-order valence-corrected chi connectivity index (χ3v) is 30.6. The molecule has 0 aromatic rings. The summed E-state index contributed by atoms with van der Waals surface area (Å²) in [7, 11) is 0. The monoisotopic (exact) mass is 804 g/mol. The smallest absolute Gasteiger partial charge is 0.185 e. The van der Waals surface area contributed by atoms with Crippen molar-refractivity contribution in [2.75, 3.05) is 0 Å². The van der Waals surface area contributed by atoms with E-state index in [4.69, 9.17) is 157 Å². The highest BCUT2D eigenvalue weighted by Crippen LogP contribution is 2.89. The number of halogens is 14. The molecule has 2 rings (SSSR count). The minimum atomic E-state index is -3.23. The minimum absolute atomic E-state index is 2.91. The Morgan fingerprint density at radius 3 is 0.357 bits per heavy atom. The van der Waals surface area contributed by atoms with Crippen LogP contribution in [0.4, 0.5) is 0 Å². The van der Waals surface area contributed by atoms with Crippen molar-refractivity contribution in [2.45, 2.75) is 0 Å². The fraction of sp³-hybridized carbons (Fsp3) is 0. The molecule has 0 saturated heterocycles. The van der Waals surface area contributed by atoms with Crippen LogP contribution in [0.5, 0.6) is 0 Å². The molecule has 0 unspecified atom stereocenters. The lowest BCUT2D eigenvalue weighted by atomic mass is 13.8. The van der Waals surface area contributed by atoms with Gasteiger partial charge in [0.05, 0.1) is 0 Å². The van der Waals surface area contributed by atoms with Gasteiger partial charge in [0.1, 0.15) is 0 Å². The van der Waals surface area contributed by atoms with Crippen molar-refractivity contribution in [3.8, 4) is 0 Å². The van der Waals surface area contributed by atoms with Gasteiger partial charge in [-0.2, -0.15) is 31.6 Å². The Bertz CT molecular complexity index is 826. The van der Waals surface area contributed by atoms with Gasteiger partial charge in [-0.3, -0.25) is 0 Å². The van der Waals surface area contributed by atoms with Crippen LogP contribution in [0.25, 0.3) is 0 Å². The molecule has 28 heteroatoms. The summed E-state index contributed by atoms with van der Waals surface area (Å²) in [6.45, 7) is 0. The highest BCUT2D eigenvalue weighted by atomic mass is 35.9. The molecule has 0 aromatic heterocycles. The molecule has 28 heavy (non-hydrogen) atoms. The van der Waals surface area contributed by atoms with Crippen molar-refractivity contribution in [1.29, 1.82) is 0 Å². The molecule has 2 heterocycles. The van der Waals surface area contributed by atoms with Crippen LogP contribution < -0.4 is 0 Å². The van der Waals surface area contributed by atoms with E-state index in [0.29, 0.717) is 0 Å². The minimum Gasteiger partial charge on any atom is -0.185 e. The first kappa shape index (κ1) is 31.7. The Hall–Kier alpha value is 5.67. The molecule has 2 aliphatic rings. The van der Waals surface area contributed by atoms with Crippen LogP contribution >= 0.6 is 199 Å². The fourth-order valence-corrected chi connectivity index (χ4v) is 44.9. The molecule has 0 fully saturated rings. The average molecular weight is 811 g/mol. The summed E-state index contributed by atoms with van der Waals surface area (Å²) >= 11 is 80.1. The zero-order valence-corrected chi connectivity index (χ0v) is 28.4. The van der Waals surface area contributed by atoms with Gasteiger partial charge in [0.15, 0.2) is 0 Å². The molecule has 0 radical (unpaired) electrons. The van der Waals surface area contributed by atoms with Gasteiger partial charge in [0, 0.05) is 0 Å². The Balaban J connectivity index is 0.000000292. The molecule has 0 aliphatic carbocycles. The number of hydrogen-bond acceptors (Lipinski definition) is 7. The standard InChI is InChI=1S/Cl8N4P4.Cl6N3P3/c1-13(2)9-14(3,4)11-16(7,8)12-15(5,6)10-13;1-10(2)7-11(3,4)9-12(5,6)8-10. The summed E-state index contributed by atoms with van der Waals surface area (Å²) < 4.78 is 25.8. The number of nitrogens with zero attached hydrogens (tertiary/aromatic N) is 7. The summed E-state index contributed by atoms with van der Waals surface area (Å²) in [5.41, 5.74) is 0. The highest BCUT2D eigenvalue weighted by molar-refractivity contribution is 8.27. The molecule has 0 saturated carbocycles. The first-order valence-electron chi connectivity index (χ1n) is 5.17. The quantitative estimate of drug-likeness (QED) is 0.218. The molecule has 0 N–H and O–H groups in total.